The molecule has 1 unspecified atom stereocenters. The summed E-state index contributed by atoms with van der Waals surface area (Å²) in [6.07, 6.45) is 6.26. The molecule has 2 N–H and O–H groups in total. The number of halogens is 1. The van der Waals surface area contributed by atoms with Gasteiger partial charge in [-0.25, -0.2) is 4.39 Å². The minimum absolute atomic E-state index is 0.140. The number of hydrogen-bond donors (Lipinski definition) is 2. The highest BCUT2D eigenvalue weighted by atomic mass is 19.1. The van der Waals surface area contributed by atoms with Gasteiger partial charge in [-0.3, -0.25) is 4.90 Å². The van der Waals surface area contributed by atoms with Gasteiger partial charge in [-0.05, 0) is 76.2 Å². The summed E-state index contributed by atoms with van der Waals surface area (Å²) in [5, 5.41) is 7.08. The number of nitrogens with one attached hydrogen (secondary N) is 2. The van der Waals surface area contributed by atoms with Crippen molar-refractivity contribution < 1.29 is 4.39 Å². The van der Waals surface area contributed by atoms with Gasteiger partial charge in [-0.1, -0.05) is 49.0 Å². The lowest BCUT2D eigenvalue weighted by atomic mass is 9.68. The first kappa shape index (κ1) is 21.9. The molecule has 1 heterocycles. The normalized spacial score (nSPS) is 19.5. The first-order valence-electron chi connectivity index (χ1n) is 11.6. The van der Waals surface area contributed by atoms with E-state index in [-0.39, 0.29) is 11.6 Å². The Morgan fingerprint density at radius 2 is 1.74 bits per heavy atom. The molecule has 2 aromatic rings. The lowest BCUT2D eigenvalue weighted by molar-refractivity contribution is 0.00377. The third-order valence-corrected chi connectivity index (χ3v) is 7.24. The Bertz CT molecular complexity index is 906. The summed E-state index contributed by atoms with van der Waals surface area (Å²) < 4.78 is 14.5. The number of hydrogen-bond acceptors (Lipinski definition) is 3. The van der Waals surface area contributed by atoms with Crippen molar-refractivity contribution in [2.45, 2.75) is 63.2 Å². The van der Waals surface area contributed by atoms with Gasteiger partial charge in [0.25, 0.3) is 0 Å². The molecule has 166 valence electrons. The van der Waals surface area contributed by atoms with E-state index < -0.39 is 5.67 Å². The second kappa shape index (κ2) is 8.66. The number of nitrogens with zero attached hydrogens (tertiary/aromatic N) is 1. The van der Waals surface area contributed by atoms with Gasteiger partial charge in [0.2, 0.25) is 0 Å². The smallest absolute Gasteiger partial charge is 0.130 e. The molecule has 2 fully saturated rings. The third-order valence-electron chi connectivity index (χ3n) is 7.24. The summed E-state index contributed by atoms with van der Waals surface area (Å²) >= 11 is 0. The summed E-state index contributed by atoms with van der Waals surface area (Å²) in [7, 11) is 1.88. The van der Waals surface area contributed by atoms with Crippen molar-refractivity contribution in [1.29, 1.82) is 0 Å². The largest absolute Gasteiger partial charge is 0.388 e. The molecule has 2 aromatic carbocycles. The SMILES string of the molecule is C=C(NC(c1ccccc1)C1(N2CCCC2)CCC1)c1ccc(C(C)(C)F)cc1NC. The Kier molecular flexibility index (Phi) is 6.11. The van der Waals surface area contributed by atoms with Crippen molar-refractivity contribution in [3.63, 3.8) is 0 Å². The van der Waals surface area contributed by atoms with E-state index in [4.69, 9.17) is 0 Å². The van der Waals surface area contributed by atoms with E-state index in [2.05, 4.69) is 52.4 Å². The second-order valence-electron chi connectivity index (χ2n) is 9.60. The molecule has 31 heavy (non-hydrogen) atoms. The van der Waals surface area contributed by atoms with Gasteiger partial charge in [-0.15, -0.1) is 0 Å². The maximum atomic E-state index is 14.5. The van der Waals surface area contributed by atoms with Crippen LogP contribution in [0.3, 0.4) is 0 Å². The summed E-state index contributed by atoms with van der Waals surface area (Å²) in [6.45, 7) is 9.97. The van der Waals surface area contributed by atoms with Crippen LogP contribution in [0.15, 0.2) is 55.1 Å². The highest BCUT2D eigenvalue weighted by molar-refractivity contribution is 5.75. The molecule has 0 aromatic heterocycles. The van der Waals surface area contributed by atoms with Crippen molar-refractivity contribution in [1.82, 2.24) is 10.2 Å². The van der Waals surface area contributed by atoms with Gasteiger partial charge >= 0.3 is 0 Å². The first-order valence-corrected chi connectivity index (χ1v) is 11.6. The van der Waals surface area contributed by atoms with Gasteiger partial charge in [0.05, 0.1) is 6.04 Å². The summed E-state index contributed by atoms with van der Waals surface area (Å²) in [5.41, 5.74) is 3.51. The lowest BCUT2D eigenvalue weighted by Crippen LogP contribution is -2.59. The maximum absolute atomic E-state index is 14.5. The molecule has 1 atom stereocenters. The molecule has 1 saturated carbocycles. The number of anilines is 1. The fraction of sp³-hybridized carbons (Fsp3) is 0.481. The molecular weight excluding hydrogens is 385 g/mol. The number of alkyl halides is 1. The Labute approximate surface area is 186 Å². The zero-order chi connectivity index (χ0) is 22.1. The molecular formula is C27H36FN3. The molecule has 2 aliphatic rings. The van der Waals surface area contributed by atoms with Gasteiger partial charge in [0.15, 0.2) is 0 Å². The van der Waals surface area contributed by atoms with Crippen LogP contribution in [0, 0.1) is 0 Å². The lowest BCUT2D eigenvalue weighted by Gasteiger charge is -2.54. The van der Waals surface area contributed by atoms with E-state index in [9.17, 15) is 4.39 Å². The van der Waals surface area contributed by atoms with Crippen LogP contribution in [0.4, 0.5) is 10.1 Å². The maximum Gasteiger partial charge on any atom is 0.130 e. The van der Waals surface area contributed by atoms with Crippen LogP contribution in [0.1, 0.15) is 68.7 Å². The third kappa shape index (κ3) is 4.23. The van der Waals surface area contributed by atoms with Crippen molar-refractivity contribution in [2.24, 2.45) is 0 Å². The van der Waals surface area contributed by atoms with Crippen molar-refractivity contribution in [2.75, 3.05) is 25.5 Å². The van der Waals surface area contributed by atoms with Crippen LogP contribution >= 0.6 is 0 Å². The molecule has 0 spiro atoms. The number of benzene rings is 2. The van der Waals surface area contributed by atoms with Crippen LogP contribution in [0.2, 0.25) is 0 Å². The number of rotatable bonds is 8. The topological polar surface area (TPSA) is 27.3 Å². The van der Waals surface area contributed by atoms with Crippen LogP contribution in [-0.2, 0) is 5.67 Å². The van der Waals surface area contributed by atoms with Crippen molar-refractivity contribution in [3.8, 4) is 0 Å². The number of likely N-dealkylation sites (tertiary alicyclic amines) is 1. The van der Waals surface area contributed by atoms with Crippen LogP contribution in [0.25, 0.3) is 5.70 Å². The van der Waals surface area contributed by atoms with Gasteiger partial charge < -0.3 is 10.6 Å². The molecule has 4 heteroatoms. The average molecular weight is 422 g/mol. The summed E-state index contributed by atoms with van der Waals surface area (Å²) in [6, 6.07) is 16.7. The predicted octanol–water partition coefficient (Wildman–Crippen LogP) is 6.25. The highest BCUT2D eigenvalue weighted by Crippen LogP contribution is 2.49. The molecule has 1 saturated heterocycles. The van der Waals surface area contributed by atoms with Crippen LogP contribution < -0.4 is 10.6 Å². The van der Waals surface area contributed by atoms with Crippen molar-refractivity contribution in [3.05, 3.63) is 71.8 Å². The predicted molar refractivity (Wildman–Crippen MR) is 129 cm³/mol. The fourth-order valence-corrected chi connectivity index (χ4v) is 5.30. The first-order chi connectivity index (χ1) is 14.8. The zero-order valence-corrected chi connectivity index (χ0v) is 19.2. The van der Waals surface area contributed by atoms with E-state index in [0.717, 1.165) is 16.9 Å². The van der Waals surface area contributed by atoms with E-state index in [1.54, 1.807) is 13.8 Å². The standard InChI is InChI=1S/C27H36FN3/c1-20(23-14-13-22(26(2,3)28)19-24(23)29-4)30-25(21-11-6-5-7-12-21)27(15-10-16-27)31-17-8-9-18-31/h5-7,11-14,19,25,29-30H,1,8-10,15-18H2,2-4H3. The zero-order valence-electron chi connectivity index (χ0n) is 19.2. The summed E-state index contributed by atoms with van der Waals surface area (Å²) in [5.74, 6) is 0. The monoisotopic (exact) mass is 421 g/mol. The van der Waals surface area contributed by atoms with E-state index >= 15 is 0 Å². The second-order valence-corrected chi connectivity index (χ2v) is 9.60. The fourth-order valence-electron chi connectivity index (χ4n) is 5.30. The minimum atomic E-state index is -1.38. The molecule has 3 nitrogen and oxygen atoms in total. The molecule has 4 rings (SSSR count). The van der Waals surface area contributed by atoms with Gasteiger partial charge in [0.1, 0.15) is 5.67 Å². The summed E-state index contributed by atoms with van der Waals surface area (Å²) in [4.78, 5) is 2.71. The Balaban J connectivity index is 1.67. The van der Waals surface area contributed by atoms with Crippen LogP contribution in [0.5, 0.6) is 0 Å². The Morgan fingerprint density at radius 3 is 2.29 bits per heavy atom. The van der Waals surface area contributed by atoms with Crippen molar-refractivity contribution >= 4 is 11.4 Å². The Hall–Kier alpha value is -2.33. The molecule has 1 aliphatic heterocycles. The quantitative estimate of drug-likeness (QED) is 0.527. The van der Waals surface area contributed by atoms with Crippen LogP contribution in [-0.4, -0.2) is 30.6 Å². The molecule has 1 aliphatic carbocycles. The molecule has 0 radical (unpaired) electrons. The van der Waals surface area contributed by atoms with Gasteiger partial charge in [-0.2, -0.15) is 0 Å². The average Bonchev–Trinajstić information content (AvgIpc) is 3.26. The highest BCUT2D eigenvalue weighted by Gasteiger charge is 2.50. The van der Waals surface area contributed by atoms with E-state index in [1.807, 2.05) is 25.2 Å². The molecule has 0 bridgehead atoms. The minimum Gasteiger partial charge on any atom is -0.388 e. The van der Waals surface area contributed by atoms with E-state index in [1.165, 1.54) is 50.8 Å². The van der Waals surface area contributed by atoms with E-state index in [0.29, 0.717) is 5.56 Å². The Morgan fingerprint density at radius 1 is 1.06 bits per heavy atom. The van der Waals surface area contributed by atoms with Gasteiger partial charge in [0, 0.05) is 29.5 Å². The molecule has 0 amide bonds.